The van der Waals surface area contributed by atoms with Crippen molar-refractivity contribution in [2.75, 3.05) is 13.4 Å². The van der Waals surface area contributed by atoms with Gasteiger partial charge in [0.25, 0.3) is 24.7 Å². The summed E-state index contributed by atoms with van der Waals surface area (Å²) >= 11 is 0. The fourth-order valence-corrected chi connectivity index (χ4v) is 6.05. The summed E-state index contributed by atoms with van der Waals surface area (Å²) in [6, 6.07) is 0. The van der Waals surface area contributed by atoms with Gasteiger partial charge in [-0.2, -0.15) is 17.2 Å². The third kappa shape index (κ3) is 4.51. The number of halogens is 4. The summed E-state index contributed by atoms with van der Waals surface area (Å²) in [6.07, 6.45) is -4.50. The summed E-state index contributed by atoms with van der Waals surface area (Å²) in [5, 5.41) is 0. The first-order valence-corrected chi connectivity index (χ1v) is 9.16. The summed E-state index contributed by atoms with van der Waals surface area (Å²) in [5.74, 6) is -5.61. The monoisotopic (exact) mass is 367 g/mol. The van der Waals surface area contributed by atoms with Crippen molar-refractivity contribution in [1.82, 2.24) is 4.13 Å². The number of hydrogen-bond donors (Lipinski definition) is 1. The molecule has 0 aliphatic rings. The second kappa shape index (κ2) is 5.70. The molecule has 0 aliphatic heterocycles. The molecule has 20 heavy (non-hydrogen) atoms. The highest BCUT2D eigenvalue weighted by Gasteiger charge is 2.63. The van der Waals surface area contributed by atoms with Gasteiger partial charge in [0.15, 0.2) is 0 Å². The molecule has 0 bridgehead atoms. The van der Waals surface area contributed by atoms with Crippen molar-refractivity contribution in [3.63, 3.8) is 0 Å². The summed E-state index contributed by atoms with van der Waals surface area (Å²) in [4.78, 5) is 0. The van der Waals surface area contributed by atoms with E-state index in [1.54, 1.807) is 0 Å². The van der Waals surface area contributed by atoms with Crippen LogP contribution in [-0.2, 0) is 34.3 Å². The molecule has 0 heterocycles. The molecule has 0 aliphatic carbocycles. The van der Waals surface area contributed by atoms with Gasteiger partial charge < -0.3 is 0 Å². The van der Waals surface area contributed by atoms with Gasteiger partial charge in [0.2, 0.25) is 10.0 Å². The van der Waals surface area contributed by atoms with Crippen molar-refractivity contribution in [3.05, 3.63) is 0 Å². The molecule has 1 atom stereocenters. The smallest absolute Gasteiger partial charge is 0.272 e. The van der Waals surface area contributed by atoms with Gasteiger partial charge in [-0.1, -0.05) is 0 Å². The van der Waals surface area contributed by atoms with Crippen LogP contribution in [0.5, 0.6) is 0 Å². The predicted octanol–water partition coefficient (Wildman–Crippen LogP) is -0.932. The lowest BCUT2D eigenvalue weighted by atomic mass is 10.4. The van der Waals surface area contributed by atoms with E-state index in [9.17, 15) is 42.8 Å². The Kier molecular flexibility index (Phi) is 5.56. The normalized spacial score (nSPS) is 16.4. The van der Waals surface area contributed by atoms with E-state index in [4.69, 9.17) is 0 Å². The number of sulfonamides is 2. The van der Waals surface area contributed by atoms with Crippen molar-refractivity contribution in [1.29, 1.82) is 0 Å². The van der Waals surface area contributed by atoms with Crippen LogP contribution < -0.4 is 4.13 Å². The molecule has 0 fully saturated rings. The molecule has 0 rings (SSSR count). The maximum Gasteiger partial charge on any atom is 0.341 e. The quantitative estimate of drug-likeness (QED) is 0.455. The second-order valence-corrected chi connectivity index (χ2v) is 9.23. The number of rotatable bonds is 7. The highest BCUT2D eigenvalue weighted by atomic mass is 32.3. The molecule has 122 valence electrons. The lowest BCUT2D eigenvalue weighted by Crippen LogP contribution is -2.54. The molecule has 8 nitrogen and oxygen atoms in total. The lowest BCUT2D eigenvalue weighted by Gasteiger charge is -2.24. The third-order valence-corrected chi connectivity index (χ3v) is 7.44. The summed E-state index contributed by atoms with van der Waals surface area (Å²) < 4.78 is 117. The van der Waals surface area contributed by atoms with Crippen LogP contribution in [-0.4, -0.2) is 55.5 Å². The Morgan fingerprint density at radius 1 is 1.05 bits per heavy atom. The molecule has 0 spiro atoms. The molecular formula is C5H9F4NO7S3. The van der Waals surface area contributed by atoms with Crippen LogP contribution in [0.2, 0.25) is 0 Å². The Hall–Kier alpha value is -0.510. The van der Waals surface area contributed by atoms with Gasteiger partial charge in [0.1, 0.15) is 0 Å². The highest BCUT2D eigenvalue weighted by Crippen LogP contribution is 2.34. The van der Waals surface area contributed by atoms with Crippen LogP contribution in [0.4, 0.5) is 17.6 Å². The molecular weight excluding hydrogens is 358 g/mol. The van der Waals surface area contributed by atoms with Crippen molar-refractivity contribution < 1.29 is 47.0 Å². The van der Waals surface area contributed by atoms with E-state index in [0.717, 1.165) is 0 Å². The van der Waals surface area contributed by atoms with Crippen molar-refractivity contribution >= 4 is 30.2 Å². The van der Waals surface area contributed by atoms with Gasteiger partial charge in [-0.25, -0.2) is 25.6 Å². The molecule has 0 amide bonds. The second-order valence-electron chi connectivity index (χ2n) is 3.37. The fourth-order valence-electron chi connectivity index (χ4n) is 0.999. The first-order chi connectivity index (χ1) is 8.58. The van der Waals surface area contributed by atoms with Crippen molar-refractivity contribution in [2.45, 2.75) is 16.9 Å². The number of alkyl halides is 4. The Morgan fingerprint density at radius 2 is 1.45 bits per heavy atom. The van der Waals surface area contributed by atoms with Gasteiger partial charge in [0.05, 0.1) is 13.4 Å². The fraction of sp³-hybridized carbons (Fsp3) is 1.00. The van der Waals surface area contributed by atoms with E-state index in [-0.39, 0.29) is 13.4 Å². The van der Waals surface area contributed by atoms with Crippen LogP contribution in [0.25, 0.3) is 0 Å². The van der Waals surface area contributed by atoms with Crippen LogP contribution in [0.3, 0.4) is 0 Å². The van der Waals surface area contributed by atoms with Crippen molar-refractivity contribution in [2.24, 2.45) is 0 Å². The van der Waals surface area contributed by atoms with E-state index in [2.05, 4.69) is 4.18 Å². The zero-order chi connectivity index (χ0) is 16.6. The van der Waals surface area contributed by atoms with Gasteiger partial charge in [-0.3, -0.25) is 4.18 Å². The predicted molar refractivity (Wildman–Crippen MR) is 57.6 cm³/mol. The molecule has 0 saturated heterocycles. The van der Waals surface area contributed by atoms with E-state index in [0.29, 0.717) is 4.13 Å². The van der Waals surface area contributed by atoms with Gasteiger partial charge in [-0.15, -0.1) is 4.13 Å². The topological polar surface area (TPSA) is 124 Å². The molecule has 15 heteroatoms. The van der Waals surface area contributed by atoms with Crippen LogP contribution in [0.15, 0.2) is 0 Å². The molecule has 0 aromatic rings. The summed E-state index contributed by atoms with van der Waals surface area (Å²) in [6.45, 7) is 0. The molecule has 0 radical (unpaired) electrons. The van der Waals surface area contributed by atoms with Gasteiger partial charge >= 0.3 is 12.3 Å². The average molecular weight is 367 g/mol. The molecule has 0 aromatic carbocycles. The largest absolute Gasteiger partial charge is 0.341 e. The Labute approximate surface area is 112 Å². The van der Waals surface area contributed by atoms with Crippen LogP contribution >= 0.6 is 0 Å². The SMILES string of the molecule is COS(=O)(=O)C(C(F)(F)C(F)F)S(=O)(=O)NS(C)(=O)=O. The summed E-state index contributed by atoms with van der Waals surface area (Å²) in [5.41, 5.74) is 0. The minimum absolute atomic E-state index is 0.196. The molecule has 1 unspecified atom stereocenters. The lowest BCUT2D eigenvalue weighted by molar-refractivity contribution is -0.118. The van der Waals surface area contributed by atoms with Gasteiger partial charge in [-0.05, 0) is 0 Å². The standard InChI is InChI=1S/C5H9F4NO7S3/c1-17-20(15,16)4(5(8,9)3(6)7)19(13,14)10-18(2,11)12/h3-4,10H,1-2H3. The molecule has 0 saturated carbocycles. The Bertz CT molecular complexity index is 653. The first-order valence-electron chi connectivity index (χ1n) is 4.25. The van der Waals surface area contributed by atoms with Crippen LogP contribution in [0, 0.1) is 0 Å². The maximum absolute atomic E-state index is 13.1. The van der Waals surface area contributed by atoms with E-state index in [1.165, 1.54) is 0 Å². The minimum atomic E-state index is -5.93. The minimum Gasteiger partial charge on any atom is -0.272 e. The zero-order valence-corrected chi connectivity index (χ0v) is 12.2. The zero-order valence-electron chi connectivity index (χ0n) is 9.75. The maximum atomic E-state index is 13.1. The number of nitrogens with one attached hydrogen (secondary N) is 1. The third-order valence-electron chi connectivity index (χ3n) is 1.65. The number of hydrogen-bond acceptors (Lipinski definition) is 7. The van der Waals surface area contributed by atoms with Crippen molar-refractivity contribution in [3.8, 4) is 0 Å². The Morgan fingerprint density at radius 3 is 1.70 bits per heavy atom. The average Bonchev–Trinajstić information content (AvgIpc) is 2.11. The molecule has 1 N–H and O–H groups in total. The van der Waals surface area contributed by atoms with Crippen LogP contribution in [0.1, 0.15) is 0 Å². The highest BCUT2D eigenvalue weighted by molar-refractivity contribution is 8.12. The van der Waals surface area contributed by atoms with E-state index >= 15 is 0 Å². The van der Waals surface area contributed by atoms with E-state index in [1.807, 2.05) is 0 Å². The van der Waals surface area contributed by atoms with E-state index < -0.39 is 47.1 Å². The Balaban J connectivity index is 6.22. The summed E-state index contributed by atoms with van der Waals surface area (Å²) in [7, 11) is -16.1. The van der Waals surface area contributed by atoms with Gasteiger partial charge in [0, 0.05) is 0 Å². The molecule has 0 aromatic heterocycles. The first kappa shape index (κ1) is 19.5.